The molecule has 7 heteroatoms. The van der Waals surface area contributed by atoms with Gasteiger partial charge in [-0.25, -0.2) is 9.97 Å². The summed E-state index contributed by atoms with van der Waals surface area (Å²) in [6, 6.07) is 12.7. The molecular weight excluding hydrogens is 326 g/mol. The number of nitrogens with one attached hydrogen (secondary N) is 2. The predicted molar refractivity (Wildman–Crippen MR) is 92.2 cm³/mol. The molecule has 24 heavy (non-hydrogen) atoms. The Morgan fingerprint density at radius 1 is 1.00 bits per heavy atom. The Morgan fingerprint density at radius 2 is 1.83 bits per heavy atom. The van der Waals surface area contributed by atoms with Crippen LogP contribution in [-0.4, -0.2) is 20.9 Å². The number of anilines is 2. The minimum atomic E-state index is -0.300. The molecule has 2 N–H and O–H groups in total. The highest BCUT2D eigenvalue weighted by atomic mass is 35.5. The van der Waals surface area contributed by atoms with E-state index >= 15 is 0 Å². The van der Waals surface area contributed by atoms with Gasteiger partial charge in [0.05, 0.1) is 24.6 Å². The van der Waals surface area contributed by atoms with E-state index in [2.05, 4.69) is 25.6 Å². The van der Waals surface area contributed by atoms with Crippen LogP contribution >= 0.6 is 11.6 Å². The monoisotopic (exact) mass is 339 g/mol. The fourth-order valence-electron chi connectivity index (χ4n) is 1.96. The van der Waals surface area contributed by atoms with Gasteiger partial charge < -0.3 is 10.6 Å². The Balaban J connectivity index is 1.59. The second-order valence-electron chi connectivity index (χ2n) is 4.92. The molecule has 0 aliphatic carbocycles. The number of benzene rings is 1. The van der Waals surface area contributed by atoms with Gasteiger partial charge in [0.15, 0.2) is 0 Å². The third kappa shape index (κ3) is 4.27. The van der Waals surface area contributed by atoms with Crippen molar-refractivity contribution in [1.82, 2.24) is 20.3 Å². The first kappa shape index (κ1) is 15.9. The van der Waals surface area contributed by atoms with Crippen molar-refractivity contribution in [3.8, 4) is 0 Å². The summed E-state index contributed by atoms with van der Waals surface area (Å²) in [5, 5.41) is 6.49. The summed E-state index contributed by atoms with van der Waals surface area (Å²) in [6.07, 6.45) is 4.61. The lowest BCUT2D eigenvalue weighted by atomic mass is 10.3. The van der Waals surface area contributed by atoms with Gasteiger partial charge in [-0.2, -0.15) is 0 Å². The fraction of sp³-hybridized carbons (Fsp3) is 0.0588. The van der Waals surface area contributed by atoms with Crippen molar-refractivity contribution in [2.45, 2.75) is 6.54 Å². The molecule has 1 amide bonds. The van der Waals surface area contributed by atoms with Gasteiger partial charge in [0.25, 0.3) is 5.91 Å². The smallest absolute Gasteiger partial charge is 0.271 e. The molecular formula is C17H14ClN5O. The van der Waals surface area contributed by atoms with Gasteiger partial charge in [-0.3, -0.25) is 9.78 Å². The Morgan fingerprint density at radius 3 is 2.50 bits per heavy atom. The molecule has 0 saturated heterocycles. The Kier molecular flexibility index (Phi) is 4.98. The second-order valence-corrected chi connectivity index (χ2v) is 5.36. The van der Waals surface area contributed by atoms with E-state index in [0.717, 1.165) is 11.4 Å². The van der Waals surface area contributed by atoms with Crippen LogP contribution < -0.4 is 10.6 Å². The third-order valence-electron chi connectivity index (χ3n) is 3.16. The standard InChI is InChI=1S/C17H14ClN5O/c18-12-4-6-13(7-5-12)23-16-11-20-15(10-21-16)17(24)22-9-14-3-1-2-8-19-14/h1-8,10-11H,9H2,(H,21,23)(H,22,24). The van der Waals surface area contributed by atoms with E-state index in [9.17, 15) is 4.79 Å². The maximum absolute atomic E-state index is 12.0. The van der Waals surface area contributed by atoms with Crippen molar-refractivity contribution in [2.75, 3.05) is 5.32 Å². The lowest BCUT2D eigenvalue weighted by molar-refractivity contribution is 0.0945. The van der Waals surface area contributed by atoms with Crippen molar-refractivity contribution in [2.24, 2.45) is 0 Å². The van der Waals surface area contributed by atoms with Gasteiger partial charge in [-0.05, 0) is 36.4 Å². The number of carbonyl (C=O) groups is 1. The maximum Gasteiger partial charge on any atom is 0.271 e. The van der Waals surface area contributed by atoms with Crippen LogP contribution in [0.5, 0.6) is 0 Å². The molecule has 3 rings (SSSR count). The number of aromatic nitrogens is 3. The van der Waals surface area contributed by atoms with E-state index in [4.69, 9.17) is 11.6 Å². The van der Waals surface area contributed by atoms with E-state index < -0.39 is 0 Å². The average Bonchev–Trinajstić information content (AvgIpc) is 2.63. The molecule has 6 nitrogen and oxygen atoms in total. The Bertz CT molecular complexity index is 807. The van der Waals surface area contributed by atoms with E-state index in [1.807, 2.05) is 30.3 Å². The lowest BCUT2D eigenvalue weighted by Gasteiger charge is -2.07. The normalized spacial score (nSPS) is 10.2. The average molecular weight is 340 g/mol. The molecule has 2 aromatic heterocycles. The quantitative estimate of drug-likeness (QED) is 0.746. The third-order valence-corrected chi connectivity index (χ3v) is 3.41. The highest BCUT2D eigenvalue weighted by Gasteiger charge is 2.08. The second kappa shape index (κ2) is 7.52. The summed E-state index contributed by atoms with van der Waals surface area (Å²) < 4.78 is 0. The maximum atomic E-state index is 12.0. The highest BCUT2D eigenvalue weighted by Crippen LogP contribution is 2.16. The molecule has 0 bridgehead atoms. The van der Waals surface area contributed by atoms with Gasteiger partial charge in [-0.1, -0.05) is 17.7 Å². The van der Waals surface area contributed by atoms with Gasteiger partial charge in [0.2, 0.25) is 0 Å². The summed E-state index contributed by atoms with van der Waals surface area (Å²) in [5.74, 6) is 0.241. The van der Waals surface area contributed by atoms with E-state index in [1.165, 1.54) is 12.4 Å². The number of hydrogen-bond acceptors (Lipinski definition) is 5. The zero-order valence-electron chi connectivity index (χ0n) is 12.6. The van der Waals surface area contributed by atoms with Crippen LogP contribution in [0.2, 0.25) is 5.02 Å². The molecule has 0 atom stereocenters. The first-order valence-electron chi connectivity index (χ1n) is 7.23. The molecule has 2 heterocycles. The fourth-order valence-corrected chi connectivity index (χ4v) is 2.08. The molecule has 0 spiro atoms. The molecule has 0 aliphatic heterocycles. The van der Waals surface area contributed by atoms with E-state index in [1.54, 1.807) is 18.3 Å². The number of amides is 1. The summed E-state index contributed by atoms with van der Waals surface area (Å²) in [6.45, 7) is 0.339. The Labute approximate surface area is 143 Å². The number of pyridine rings is 1. The summed E-state index contributed by atoms with van der Waals surface area (Å²) >= 11 is 5.84. The zero-order valence-corrected chi connectivity index (χ0v) is 13.4. The molecule has 120 valence electrons. The molecule has 0 saturated carbocycles. The van der Waals surface area contributed by atoms with Crippen molar-refractivity contribution < 1.29 is 4.79 Å². The van der Waals surface area contributed by atoms with Crippen LogP contribution in [-0.2, 0) is 6.54 Å². The first-order chi connectivity index (χ1) is 11.7. The van der Waals surface area contributed by atoms with Crippen LogP contribution in [0, 0.1) is 0 Å². The molecule has 1 aromatic carbocycles. The van der Waals surface area contributed by atoms with Crippen molar-refractivity contribution >= 4 is 29.0 Å². The van der Waals surface area contributed by atoms with E-state index in [-0.39, 0.29) is 11.6 Å². The summed E-state index contributed by atoms with van der Waals surface area (Å²) in [5.41, 5.74) is 1.86. The topological polar surface area (TPSA) is 79.8 Å². The van der Waals surface area contributed by atoms with Crippen LogP contribution in [0.1, 0.15) is 16.2 Å². The number of hydrogen-bond donors (Lipinski definition) is 2. The molecule has 0 unspecified atom stereocenters. The van der Waals surface area contributed by atoms with Crippen molar-refractivity contribution in [3.05, 3.63) is 77.5 Å². The summed E-state index contributed by atoms with van der Waals surface area (Å²) in [7, 11) is 0. The zero-order chi connectivity index (χ0) is 16.8. The number of rotatable bonds is 5. The first-order valence-corrected chi connectivity index (χ1v) is 7.61. The number of halogens is 1. The minimum Gasteiger partial charge on any atom is -0.345 e. The van der Waals surface area contributed by atoms with Gasteiger partial charge in [0.1, 0.15) is 11.5 Å². The van der Waals surface area contributed by atoms with Crippen LogP contribution in [0.4, 0.5) is 11.5 Å². The number of nitrogens with zero attached hydrogens (tertiary/aromatic N) is 3. The highest BCUT2D eigenvalue weighted by molar-refractivity contribution is 6.30. The lowest BCUT2D eigenvalue weighted by Crippen LogP contribution is -2.24. The van der Waals surface area contributed by atoms with E-state index in [0.29, 0.717) is 17.4 Å². The van der Waals surface area contributed by atoms with Gasteiger partial charge in [0, 0.05) is 16.9 Å². The van der Waals surface area contributed by atoms with Gasteiger partial charge >= 0.3 is 0 Å². The van der Waals surface area contributed by atoms with Crippen molar-refractivity contribution in [1.29, 1.82) is 0 Å². The molecule has 0 radical (unpaired) electrons. The van der Waals surface area contributed by atoms with Gasteiger partial charge in [-0.15, -0.1) is 0 Å². The summed E-state index contributed by atoms with van der Waals surface area (Å²) in [4.78, 5) is 24.5. The SMILES string of the molecule is O=C(NCc1ccccn1)c1cnc(Nc2ccc(Cl)cc2)cn1. The largest absolute Gasteiger partial charge is 0.345 e. The Hall–Kier alpha value is -2.99. The van der Waals surface area contributed by atoms with Crippen LogP contribution in [0.15, 0.2) is 61.1 Å². The van der Waals surface area contributed by atoms with Crippen LogP contribution in [0.25, 0.3) is 0 Å². The van der Waals surface area contributed by atoms with Crippen LogP contribution in [0.3, 0.4) is 0 Å². The number of carbonyl (C=O) groups excluding carboxylic acids is 1. The minimum absolute atomic E-state index is 0.243. The predicted octanol–water partition coefficient (Wildman–Crippen LogP) is 3.20. The molecule has 3 aromatic rings. The molecule has 0 fully saturated rings. The molecule has 0 aliphatic rings. The van der Waals surface area contributed by atoms with Crippen molar-refractivity contribution in [3.63, 3.8) is 0 Å².